The van der Waals surface area contributed by atoms with Crippen LogP contribution in [0.15, 0.2) is 36.4 Å². The van der Waals surface area contributed by atoms with Gasteiger partial charge in [-0.05, 0) is 56.0 Å². The second-order valence-electron chi connectivity index (χ2n) is 6.56. The van der Waals surface area contributed by atoms with Gasteiger partial charge < -0.3 is 24.6 Å². The van der Waals surface area contributed by atoms with Gasteiger partial charge in [0.25, 0.3) is 5.91 Å². The Hall–Kier alpha value is -3.22. The number of benzene rings is 2. The number of methoxy groups -OCH3 is 2. The summed E-state index contributed by atoms with van der Waals surface area (Å²) in [5.74, 6) is -0.159. The zero-order valence-corrected chi connectivity index (χ0v) is 15.9. The minimum Gasteiger partial charge on any atom is -0.496 e. The molecule has 0 aromatic heterocycles. The first-order valence-corrected chi connectivity index (χ1v) is 9.09. The molecule has 7 heteroatoms. The molecule has 1 fully saturated rings. The summed E-state index contributed by atoms with van der Waals surface area (Å²) in [5.41, 5.74) is 0.851. The lowest BCUT2D eigenvalue weighted by Gasteiger charge is -2.16. The highest BCUT2D eigenvalue weighted by Gasteiger charge is 2.19. The smallest absolute Gasteiger partial charge is 0.339 e. The molecule has 1 saturated carbocycles. The molecule has 148 valence electrons. The van der Waals surface area contributed by atoms with E-state index in [9.17, 15) is 9.59 Å². The molecule has 0 heterocycles. The van der Waals surface area contributed by atoms with Gasteiger partial charge in [0.05, 0.1) is 20.3 Å². The van der Waals surface area contributed by atoms with Gasteiger partial charge in [0, 0.05) is 17.3 Å². The van der Waals surface area contributed by atoms with E-state index < -0.39 is 5.97 Å². The Morgan fingerprint density at radius 2 is 1.68 bits per heavy atom. The van der Waals surface area contributed by atoms with Crippen LogP contribution in [0.3, 0.4) is 0 Å². The van der Waals surface area contributed by atoms with Gasteiger partial charge >= 0.3 is 5.97 Å². The van der Waals surface area contributed by atoms with E-state index in [0.29, 0.717) is 22.7 Å². The van der Waals surface area contributed by atoms with Gasteiger partial charge in [0.15, 0.2) is 11.5 Å². The van der Waals surface area contributed by atoms with Crippen LogP contribution in [-0.4, -0.2) is 37.3 Å². The number of carboxylic acid groups (broad SMARTS) is 1. The van der Waals surface area contributed by atoms with Crippen molar-refractivity contribution in [1.29, 1.82) is 0 Å². The van der Waals surface area contributed by atoms with Gasteiger partial charge in [0.1, 0.15) is 11.3 Å². The molecule has 0 radical (unpaired) electrons. The Labute approximate surface area is 163 Å². The van der Waals surface area contributed by atoms with Crippen molar-refractivity contribution in [3.63, 3.8) is 0 Å². The van der Waals surface area contributed by atoms with Crippen LogP contribution in [0.4, 0.5) is 5.69 Å². The maximum absolute atomic E-state index is 12.6. The summed E-state index contributed by atoms with van der Waals surface area (Å²) in [6, 6.07) is 9.40. The fourth-order valence-electron chi connectivity index (χ4n) is 3.24. The highest BCUT2D eigenvalue weighted by Crippen LogP contribution is 2.32. The number of carbonyl (C=O) groups is 2. The Bertz CT molecular complexity index is 873. The van der Waals surface area contributed by atoms with Crippen molar-refractivity contribution in [3.8, 4) is 17.2 Å². The fraction of sp³-hybridized carbons (Fsp3) is 0.333. The van der Waals surface area contributed by atoms with Gasteiger partial charge in [0.2, 0.25) is 0 Å². The molecule has 1 aliphatic carbocycles. The molecule has 2 aromatic carbocycles. The fourth-order valence-corrected chi connectivity index (χ4v) is 3.24. The second kappa shape index (κ2) is 8.65. The van der Waals surface area contributed by atoms with Crippen LogP contribution in [0, 0.1) is 0 Å². The van der Waals surface area contributed by atoms with Crippen LogP contribution in [0.25, 0.3) is 0 Å². The molecule has 28 heavy (non-hydrogen) atoms. The van der Waals surface area contributed by atoms with E-state index in [-0.39, 0.29) is 23.3 Å². The molecular formula is C21H23NO6. The molecule has 1 aliphatic rings. The van der Waals surface area contributed by atoms with Crippen molar-refractivity contribution in [1.82, 2.24) is 0 Å². The van der Waals surface area contributed by atoms with Crippen LogP contribution >= 0.6 is 0 Å². The van der Waals surface area contributed by atoms with Crippen molar-refractivity contribution in [2.45, 2.75) is 31.8 Å². The Morgan fingerprint density at radius 3 is 2.32 bits per heavy atom. The largest absolute Gasteiger partial charge is 0.496 e. The summed E-state index contributed by atoms with van der Waals surface area (Å²) in [5, 5.41) is 11.9. The summed E-state index contributed by atoms with van der Waals surface area (Å²) in [6.45, 7) is 0. The van der Waals surface area contributed by atoms with Crippen molar-refractivity contribution in [2.75, 3.05) is 19.5 Å². The Kier molecular flexibility index (Phi) is 6.03. The number of hydrogen-bond donors (Lipinski definition) is 2. The van der Waals surface area contributed by atoms with Crippen LogP contribution in [-0.2, 0) is 0 Å². The highest BCUT2D eigenvalue weighted by molar-refractivity contribution is 6.05. The summed E-state index contributed by atoms with van der Waals surface area (Å²) in [7, 11) is 2.91. The molecule has 0 bridgehead atoms. The zero-order valence-electron chi connectivity index (χ0n) is 15.9. The summed E-state index contributed by atoms with van der Waals surface area (Å²) < 4.78 is 16.5. The normalized spacial score (nSPS) is 13.8. The summed E-state index contributed by atoms with van der Waals surface area (Å²) >= 11 is 0. The minimum atomic E-state index is -1.10. The maximum atomic E-state index is 12.6. The topological polar surface area (TPSA) is 94.1 Å². The first kappa shape index (κ1) is 19.5. The summed E-state index contributed by atoms with van der Waals surface area (Å²) in [4.78, 5) is 23.8. The van der Waals surface area contributed by atoms with E-state index >= 15 is 0 Å². The van der Waals surface area contributed by atoms with Crippen LogP contribution in [0.1, 0.15) is 46.4 Å². The standard InChI is InChI=1S/C21H23NO6/c1-26-18-12-14(8-9-16(18)21(24)25)22-20(23)13-7-10-17(19(11-13)27-2)28-15-5-3-4-6-15/h7-12,15H,3-6H2,1-2H3,(H,22,23)(H,24,25). The van der Waals surface area contributed by atoms with Gasteiger partial charge in [-0.2, -0.15) is 0 Å². The van der Waals surface area contributed by atoms with E-state index in [0.717, 1.165) is 25.7 Å². The molecule has 0 aliphatic heterocycles. The van der Waals surface area contributed by atoms with Gasteiger partial charge in [-0.1, -0.05) is 0 Å². The first-order valence-electron chi connectivity index (χ1n) is 9.09. The monoisotopic (exact) mass is 385 g/mol. The molecule has 0 spiro atoms. The number of nitrogens with one attached hydrogen (secondary N) is 1. The molecule has 7 nitrogen and oxygen atoms in total. The first-order chi connectivity index (χ1) is 13.5. The number of rotatable bonds is 7. The van der Waals surface area contributed by atoms with Gasteiger partial charge in [-0.3, -0.25) is 4.79 Å². The van der Waals surface area contributed by atoms with Crippen molar-refractivity contribution in [3.05, 3.63) is 47.5 Å². The Morgan fingerprint density at radius 1 is 0.964 bits per heavy atom. The predicted molar refractivity (Wildman–Crippen MR) is 104 cm³/mol. The number of hydrogen-bond acceptors (Lipinski definition) is 5. The Balaban J connectivity index is 1.76. The predicted octanol–water partition coefficient (Wildman–Crippen LogP) is 3.98. The van der Waals surface area contributed by atoms with Crippen LogP contribution in [0.5, 0.6) is 17.2 Å². The van der Waals surface area contributed by atoms with Gasteiger partial charge in [-0.25, -0.2) is 4.79 Å². The molecule has 2 N–H and O–H groups in total. The third-order valence-corrected chi connectivity index (χ3v) is 4.71. The number of amides is 1. The van der Waals surface area contributed by atoms with Crippen molar-refractivity contribution >= 4 is 17.6 Å². The van der Waals surface area contributed by atoms with E-state index in [4.69, 9.17) is 19.3 Å². The third-order valence-electron chi connectivity index (χ3n) is 4.71. The average molecular weight is 385 g/mol. The van der Waals surface area contributed by atoms with Crippen molar-refractivity contribution < 1.29 is 28.9 Å². The van der Waals surface area contributed by atoms with E-state index in [1.54, 1.807) is 18.2 Å². The number of carbonyl (C=O) groups excluding carboxylic acids is 1. The van der Waals surface area contributed by atoms with E-state index in [1.165, 1.54) is 32.4 Å². The summed E-state index contributed by atoms with van der Waals surface area (Å²) in [6.07, 6.45) is 4.57. The maximum Gasteiger partial charge on any atom is 0.339 e. The highest BCUT2D eigenvalue weighted by atomic mass is 16.5. The number of ether oxygens (including phenoxy) is 3. The third kappa shape index (κ3) is 4.36. The average Bonchev–Trinajstić information content (AvgIpc) is 3.21. The van der Waals surface area contributed by atoms with Crippen LogP contribution in [0.2, 0.25) is 0 Å². The number of anilines is 1. The number of aromatic carboxylic acids is 1. The molecule has 1 amide bonds. The zero-order chi connectivity index (χ0) is 20.1. The molecule has 0 atom stereocenters. The van der Waals surface area contributed by atoms with Crippen LogP contribution < -0.4 is 19.5 Å². The van der Waals surface area contributed by atoms with E-state index in [1.807, 2.05) is 0 Å². The quantitative estimate of drug-likeness (QED) is 0.749. The SMILES string of the molecule is COc1cc(C(=O)Nc2ccc(C(=O)O)c(OC)c2)ccc1OC1CCCC1. The lowest BCUT2D eigenvalue weighted by atomic mass is 10.1. The molecule has 2 aromatic rings. The molecule has 3 rings (SSSR count). The molecule has 0 unspecified atom stereocenters. The van der Waals surface area contributed by atoms with E-state index in [2.05, 4.69) is 5.32 Å². The lowest BCUT2D eigenvalue weighted by molar-refractivity contribution is 0.0693. The lowest BCUT2D eigenvalue weighted by Crippen LogP contribution is -2.14. The van der Waals surface area contributed by atoms with Crippen molar-refractivity contribution in [2.24, 2.45) is 0 Å². The second-order valence-corrected chi connectivity index (χ2v) is 6.56. The molecular weight excluding hydrogens is 362 g/mol. The van der Waals surface area contributed by atoms with Gasteiger partial charge in [-0.15, -0.1) is 0 Å². The minimum absolute atomic E-state index is 0.0237. The number of carboxylic acids is 1. The molecule has 0 saturated heterocycles.